The first-order chi connectivity index (χ1) is 16.9. The highest BCUT2D eigenvalue weighted by Gasteiger charge is 2.35. The number of ether oxygens (including phenoxy) is 3. The Kier molecular flexibility index (Phi) is 7.92. The predicted molar refractivity (Wildman–Crippen MR) is 143 cm³/mol. The van der Waals surface area contributed by atoms with Crippen molar-refractivity contribution >= 4 is 55.7 Å². The fourth-order valence-electron chi connectivity index (χ4n) is 3.49. The summed E-state index contributed by atoms with van der Waals surface area (Å²) in [5.74, 6) is 1.36. The number of methoxy groups -OCH3 is 1. The van der Waals surface area contributed by atoms with Gasteiger partial charge in [0.15, 0.2) is 17.3 Å². The maximum Gasteiger partial charge on any atom is 0.283 e. The zero-order valence-electron chi connectivity index (χ0n) is 19.6. The van der Waals surface area contributed by atoms with Gasteiger partial charge in [-0.25, -0.2) is 0 Å². The van der Waals surface area contributed by atoms with E-state index in [-0.39, 0.29) is 11.4 Å². The van der Waals surface area contributed by atoms with Crippen molar-refractivity contribution in [3.05, 3.63) is 57.6 Å². The molecule has 0 atom stereocenters. The van der Waals surface area contributed by atoms with Gasteiger partial charge in [-0.3, -0.25) is 10.2 Å². The molecule has 35 heavy (non-hydrogen) atoms. The van der Waals surface area contributed by atoms with Crippen molar-refractivity contribution in [3.63, 3.8) is 0 Å². The number of carbonyl (C=O) groups excluding carboxylic acids is 1. The highest BCUT2D eigenvalue weighted by atomic mass is 79.9. The molecule has 2 aliphatic rings. The van der Waals surface area contributed by atoms with Crippen LogP contribution in [0, 0.1) is 12.3 Å². The highest BCUT2D eigenvalue weighted by molar-refractivity contribution is 9.10. The highest BCUT2D eigenvalue weighted by Crippen LogP contribution is 2.38. The van der Waals surface area contributed by atoms with Crippen molar-refractivity contribution in [2.24, 2.45) is 10.1 Å². The van der Waals surface area contributed by atoms with Crippen LogP contribution in [0.25, 0.3) is 6.08 Å². The molecule has 0 saturated heterocycles. The van der Waals surface area contributed by atoms with Crippen molar-refractivity contribution < 1.29 is 19.0 Å². The van der Waals surface area contributed by atoms with Crippen LogP contribution in [0.3, 0.4) is 0 Å². The minimum absolute atomic E-state index is 0.00220. The molecule has 2 aromatic carbocycles. The molecule has 4 rings (SSSR count). The number of carbonyl (C=O) groups is 1. The maximum absolute atomic E-state index is 12.7. The Morgan fingerprint density at radius 2 is 1.94 bits per heavy atom. The van der Waals surface area contributed by atoms with Crippen LogP contribution < -0.4 is 14.2 Å². The van der Waals surface area contributed by atoms with Crippen LogP contribution in [0.2, 0.25) is 0 Å². The second-order valence-corrected chi connectivity index (χ2v) is 9.66. The lowest BCUT2D eigenvalue weighted by atomic mass is 10.1. The van der Waals surface area contributed by atoms with Crippen LogP contribution in [-0.4, -0.2) is 47.3 Å². The number of nitrogens with zero attached hydrogens (tertiary/aromatic N) is 3. The molecule has 182 valence electrons. The molecule has 10 heteroatoms. The summed E-state index contributed by atoms with van der Waals surface area (Å²) in [5, 5.41) is 15.7. The van der Waals surface area contributed by atoms with Crippen molar-refractivity contribution in [3.8, 4) is 17.2 Å². The average Bonchev–Trinajstić information content (AvgIpc) is 3.24. The normalized spacial score (nSPS) is 16.2. The number of para-hydroxylation sites is 1. The van der Waals surface area contributed by atoms with Crippen molar-refractivity contribution in [1.29, 1.82) is 5.41 Å². The van der Waals surface area contributed by atoms with E-state index in [0.29, 0.717) is 39.9 Å². The van der Waals surface area contributed by atoms with Crippen LogP contribution in [0.5, 0.6) is 17.2 Å². The van der Waals surface area contributed by atoms with Crippen molar-refractivity contribution in [2.45, 2.75) is 26.7 Å². The molecule has 2 heterocycles. The first-order valence-corrected chi connectivity index (χ1v) is 12.7. The van der Waals surface area contributed by atoms with Crippen molar-refractivity contribution in [1.82, 2.24) is 5.01 Å². The molecule has 1 amide bonds. The fourth-order valence-corrected chi connectivity index (χ4v) is 5.05. The van der Waals surface area contributed by atoms with Crippen LogP contribution in [0.1, 0.15) is 30.9 Å². The second kappa shape index (κ2) is 11.1. The van der Waals surface area contributed by atoms with Gasteiger partial charge in [0.2, 0.25) is 5.17 Å². The molecule has 1 N–H and O–H groups in total. The largest absolute Gasteiger partial charge is 0.493 e. The van der Waals surface area contributed by atoms with E-state index in [2.05, 4.69) is 32.9 Å². The van der Waals surface area contributed by atoms with E-state index in [4.69, 9.17) is 19.6 Å². The molecule has 0 aromatic heterocycles. The first-order valence-electron chi connectivity index (χ1n) is 11.1. The van der Waals surface area contributed by atoms with E-state index in [1.165, 1.54) is 16.8 Å². The summed E-state index contributed by atoms with van der Waals surface area (Å²) in [6.45, 7) is 4.73. The maximum atomic E-state index is 12.7. The second-order valence-electron chi connectivity index (χ2n) is 7.76. The standard InChI is InChI=1S/C25H25BrN4O4S/c1-4-7-21-29-30-23(27)17(24(31)28-25(30)35-21)12-16-13-18(26)22(20(14-16)32-3)34-11-10-33-19-9-6-5-8-15(19)2/h5-6,8-9,12-14,27H,4,7,10-11H2,1-3H3/b17-12+,27-23?. The molecule has 0 saturated carbocycles. The zero-order valence-corrected chi connectivity index (χ0v) is 22.0. The van der Waals surface area contributed by atoms with Gasteiger partial charge in [0.25, 0.3) is 5.91 Å². The topological polar surface area (TPSA) is 96.6 Å². The van der Waals surface area contributed by atoms with Gasteiger partial charge in [-0.05, 0) is 82.9 Å². The minimum atomic E-state index is -0.467. The van der Waals surface area contributed by atoms with Crippen LogP contribution >= 0.6 is 27.7 Å². The quantitative estimate of drug-likeness (QED) is 0.317. The van der Waals surface area contributed by atoms with E-state index in [1.54, 1.807) is 25.3 Å². The lowest BCUT2D eigenvalue weighted by Gasteiger charge is -2.20. The van der Waals surface area contributed by atoms with E-state index < -0.39 is 5.91 Å². The summed E-state index contributed by atoms with van der Waals surface area (Å²) >= 11 is 4.87. The monoisotopic (exact) mass is 556 g/mol. The predicted octanol–water partition coefficient (Wildman–Crippen LogP) is 5.64. The Morgan fingerprint density at radius 3 is 2.69 bits per heavy atom. The molecule has 0 radical (unpaired) electrons. The molecule has 0 unspecified atom stereocenters. The summed E-state index contributed by atoms with van der Waals surface area (Å²) in [7, 11) is 1.55. The molecule has 8 nitrogen and oxygen atoms in total. The number of thioether (sulfide) groups is 1. The van der Waals surface area contributed by atoms with E-state index in [0.717, 1.165) is 29.2 Å². The summed E-state index contributed by atoms with van der Waals surface area (Å²) in [6.07, 6.45) is 3.32. The van der Waals surface area contributed by atoms with Crippen LogP contribution in [-0.2, 0) is 4.79 Å². The number of hydrazone groups is 1. The molecule has 2 aliphatic heterocycles. The number of hydrogen-bond donors (Lipinski definition) is 1. The van der Waals surface area contributed by atoms with Crippen LogP contribution in [0.15, 0.2) is 56.5 Å². The molecule has 2 aromatic rings. The average molecular weight is 557 g/mol. The van der Waals surface area contributed by atoms with Gasteiger partial charge in [-0.15, -0.1) is 0 Å². The lowest BCUT2D eigenvalue weighted by Crippen LogP contribution is -2.35. The fraction of sp³-hybridized carbons (Fsp3) is 0.280. The van der Waals surface area contributed by atoms with Gasteiger partial charge in [-0.2, -0.15) is 15.1 Å². The minimum Gasteiger partial charge on any atom is -0.493 e. The number of nitrogens with one attached hydrogen (secondary N) is 1. The first kappa shape index (κ1) is 25.0. The number of fused-ring (bicyclic) bond motifs is 1. The Morgan fingerprint density at radius 1 is 1.17 bits per heavy atom. The Bertz CT molecular complexity index is 1260. The molecular weight excluding hydrogens is 532 g/mol. The smallest absolute Gasteiger partial charge is 0.283 e. The van der Waals surface area contributed by atoms with Gasteiger partial charge in [0.1, 0.15) is 24.0 Å². The van der Waals surface area contributed by atoms with E-state index in [1.807, 2.05) is 31.2 Å². The van der Waals surface area contributed by atoms with Gasteiger partial charge in [-0.1, -0.05) is 25.1 Å². The number of aryl methyl sites for hydroxylation is 1. The van der Waals surface area contributed by atoms with Crippen LogP contribution in [0.4, 0.5) is 0 Å². The summed E-state index contributed by atoms with van der Waals surface area (Å²) in [6, 6.07) is 11.4. The Hall–Kier alpha value is -3.11. The van der Waals surface area contributed by atoms with Gasteiger partial charge < -0.3 is 14.2 Å². The zero-order chi connectivity index (χ0) is 24.9. The Balaban J connectivity index is 1.49. The Labute approximate surface area is 216 Å². The summed E-state index contributed by atoms with van der Waals surface area (Å²) < 4.78 is 17.9. The van der Waals surface area contributed by atoms with Gasteiger partial charge >= 0.3 is 0 Å². The third-order valence-corrected chi connectivity index (χ3v) is 6.76. The van der Waals surface area contributed by atoms with E-state index in [9.17, 15) is 4.79 Å². The summed E-state index contributed by atoms with van der Waals surface area (Å²) in [5.41, 5.74) is 1.88. The van der Waals surface area contributed by atoms with Gasteiger partial charge in [0.05, 0.1) is 17.2 Å². The number of rotatable bonds is 9. The molecule has 0 spiro atoms. The number of amidine groups is 2. The number of halogens is 1. The third kappa shape index (κ3) is 5.59. The number of hydrogen-bond acceptors (Lipinski definition) is 7. The van der Waals surface area contributed by atoms with Gasteiger partial charge in [0, 0.05) is 0 Å². The van der Waals surface area contributed by atoms with Crippen molar-refractivity contribution in [2.75, 3.05) is 20.3 Å². The van der Waals surface area contributed by atoms with E-state index >= 15 is 0 Å². The number of benzene rings is 2. The lowest BCUT2D eigenvalue weighted by molar-refractivity contribution is -0.114. The molecule has 0 fully saturated rings. The summed E-state index contributed by atoms with van der Waals surface area (Å²) in [4.78, 5) is 16.8. The molecule has 0 bridgehead atoms. The number of amides is 1. The number of aliphatic imine (C=N–C) groups is 1. The SMILES string of the molecule is CCCC1=NN2C(=N)/C(=C\c3cc(Br)c(OCCOc4ccccc4C)c(OC)c3)C(=O)N=C2S1. The third-order valence-electron chi connectivity index (χ3n) is 5.20. The molecular formula is C25H25BrN4O4S. The molecule has 0 aliphatic carbocycles.